The lowest BCUT2D eigenvalue weighted by molar-refractivity contribution is -0.143. The summed E-state index contributed by atoms with van der Waals surface area (Å²) in [6.45, 7) is 0. The van der Waals surface area contributed by atoms with Gasteiger partial charge in [-0.15, -0.1) is 12.4 Å². The maximum atomic E-state index is 10.7. The minimum absolute atomic E-state index is 0. The van der Waals surface area contributed by atoms with Gasteiger partial charge >= 0.3 is 5.97 Å². The monoisotopic (exact) mass is 191 g/mol. The maximum absolute atomic E-state index is 10.7. The van der Waals surface area contributed by atoms with Crippen LogP contribution < -0.4 is 5.32 Å². The number of carboxylic acids is 1. The van der Waals surface area contributed by atoms with Crippen molar-refractivity contribution in [2.24, 2.45) is 5.92 Å². The summed E-state index contributed by atoms with van der Waals surface area (Å²) < 4.78 is 0. The fraction of sp³-hybridized carbons (Fsp3) is 0.875. The van der Waals surface area contributed by atoms with Crippen LogP contribution in [0.4, 0.5) is 0 Å². The minimum Gasteiger partial charge on any atom is -0.480 e. The summed E-state index contributed by atoms with van der Waals surface area (Å²) in [7, 11) is 0. The summed E-state index contributed by atoms with van der Waals surface area (Å²) in [6, 6.07) is 0.239. The van der Waals surface area contributed by atoms with Gasteiger partial charge in [0.05, 0.1) is 0 Å². The van der Waals surface area contributed by atoms with Crippen LogP contribution in [0.3, 0.4) is 0 Å². The molecule has 0 radical (unpaired) electrons. The molecule has 1 atom stereocenters. The van der Waals surface area contributed by atoms with Gasteiger partial charge in [0, 0.05) is 6.04 Å². The number of nitrogens with one attached hydrogen (secondary N) is 1. The van der Waals surface area contributed by atoms with Gasteiger partial charge in [-0.3, -0.25) is 4.79 Å². The van der Waals surface area contributed by atoms with Crippen LogP contribution in [0.2, 0.25) is 0 Å². The second-order valence-corrected chi connectivity index (χ2v) is 3.59. The molecule has 1 unspecified atom stereocenters. The van der Waals surface area contributed by atoms with E-state index in [0.29, 0.717) is 12.0 Å². The second-order valence-electron chi connectivity index (χ2n) is 3.59. The largest absolute Gasteiger partial charge is 0.480 e. The van der Waals surface area contributed by atoms with E-state index in [4.69, 9.17) is 5.11 Å². The van der Waals surface area contributed by atoms with E-state index in [1.54, 1.807) is 0 Å². The molecule has 1 aliphatic carbocycles. The SMILES string of the molecule is Cl.O=C(O)C1NC2CCC1CC2. The van der Waals surface area contributed by atoms with Crippen LogP contribution >= 0.6 is 12.4 Å². The van der Waals surface area contributed by atoms with E-state index < -0.39 is 5.97 Å². The Hall–Kier alpha value is -0.280. The Morgan fingerprint density at radius 2 is 1.83 bits per heavy atom. The Morgan fingerprint density at radius 1 is 1.25 bits per heavy atom. The summed E-state index contributed by atoms with van der Waals surface area (Å²) in [5.74, 6) is -0.267. The van der Waals surface area contributed by atoms with Crippen molar-refractivity contribution < 1.29 is 9.90 Å². The fourth-order valence-corrected chi connectivity index (χ4v) is 2.28. The summed E-state index contributed by atoms with van der Waals surface area (Å²) in [5, 5.41) is 12.0. The minimum atomic E-state index is -0.667. The topological polar surface area (TPSA) is 49.3 Å². The first kappa shape index (κ1) is 9.81. The molecule has 3 aliphatic rings. The molecule has 0 amide bonds. The average molecular weight is 192 g/mol. The number of hydrogen-bond acceptors (Lipinski definition) is 2. The number of carbonyl (C=O) groups is 1. The van der Waals surface area contributed by atoms with E-state index in [2.05, 4.69) is 5.32 Å². The Morgan fingerprint density at radius 3 is 2.08 bits per heavy atom. The van der Waals surface area contributed by atoms with E-state index in [1.807, 2.05) is 0 Å². The molecule has 2 bridgehead atoms. The van der Waals surface area contributed by atoms with Crippen LogP contribution in [0.15, 0.2) is 0 Å². The van der Waals surface area contributed by atoms with Gasteiger partial charge in [-0.2, -0.15) is 0 Å². The maximum Gasteiger partial charge on any atom is 0.320 e. The summed E-state index contributed by atoms with van der Waals surface area (Å²) in [6.07, 6.45) is 4.56. The van der Waals surface area contributed by atoms with E-state index in [-0.39, 0.29) is 18.4 Å². The number of halogens is 1. The highest BCUT2D eigenvalue weighted by atomic mass is 35.5. The number of fused-ring (bicyclic) bond motifs is 3. The van der Waals surface area contributed by atoms with Crippen LogP contribution in [0.1, 0.15) is 25.7 Å². The molecule has 4 heteroatoms. The van der Waals surface area contributed by atoms with Gasteiger partial charge < -0.3 is 10.4 Å². The van der Waals surface area contributed by atoms with E-state index in [0.717, 1.165) is 12.8 Å². The van der Waals surface area contributed by atoms with Crippen molar-refractivity contribution in [3.05, 3.63) is 0 Å². The molecule has 70 valence electrons. The molecule has 2 saturated heterocycles. The predicted octanol–water partition coefficient (Wildman–Crippen LogP) is 1.02. The molecule has 2 N–H and O–H groups in total. The third-order valence-electron chi connectivity index (χ3n) is 2.92. The summed E-state index contributed by atoms with van der Waals surface area (Å²) in [5.41, 5.74) is 0. The molecule has 0 aromatic rings. The molecule has 2 aliphatic heterocycles. The quantitative estimate of drug-likeness (QED) is 0.651. The summed E-state index contributed by atoms with van der Waals surface area (Å²) in [4.78, 5) is 10.7. The van der Waals surface area contributed by atoms with E-state index in [9.17, 15) is 4.79 Å². The number of aliphatic carboxylic acids is 1. The lowest BCUT2D eigenvalue weighted by atomic mass is 9.76. The molecule has 2 heterocycles. The van der Waals surface area contributed by atoms with Gasteiger partial charge in [-0.05, 0) is 31.6 Å². The molecule has 3 nitrogen and oxygen atoms in total. The lowest BCUT2D eigenvalue weighted by Gasteiger charge is -2.41. The van der Waals surface area contributed by atoms with Crippen molar-refractivity contribution in [3.8, 4) is 0 Å². The van der Waals surface area contributed by atoms with Crippen molar-refractivity contribution in [2.75, 3.05) is 0 Å². The van der Waals surface area contributed by atoms with Crippen LogP contribution in [0.25, 0.3) is 0 Å². The number of rotatable bonds is 1. The van der Waals surface area contributed by atoms with Gasteiger partial charge in [0.15, 0.2) is 0 Å². The fourth-order valence-electron chi connectivity index (χ4n) is 2.28. The third kappa shape index (κ3) is 1.57. The highest BCUT2D eigenvalue weighted by Crippen LogP contribution is 2.32. The Labute approximate surface area is 77.9 Å². The van der Waals surface area contributed by atoms with Gasteiger partial charge in [0.25, 0.3) is 0 Å². The van der Waals surface area contributed by atoms with Gasteiger partial charge in [-0.1, -0.05) is 0 Å². The molecule has 0 spiro atoms. The zero-order valence-electron chi connectivity index (χ0n) is 6.82. The second kappa shape index (κ2) is 3.62. The standard InChI is InChI=1S/C8H13NO2.ClH/c10-8(11)7-5-1-3-6(9-7)4-2-5;/h5-7,9H,1-4H2,(H,10,11);1H. The molecular formula is C8H14ClNO2. The van der Waals surface area contributed by atoms with Gasteiger partial charge in [0.1, 0.15) is 6.04 Å². The van der Waals surface area contributed by atoms with Crippen molar-refractivity contribution >= 4 is 18.4 Å². The highest BCUT2D eigenvalue weighted by molar-refractivity contribution is 5.85. The normalized spacial score (nSPS) is 38.8. The zero-order valence-corrected chi connectivity index (χ0v) is 7.64. The molecule has 3 rings (SSSR count). The van der Waals surface area contributed by atoms with Crippen LogP contribution in [0.5, 0.6) is 0 Å². The number of piperidine rings is 2. The van der Waals surface area contributed by atoms with Crippen LogP contribution in [-0.4, -0.2) is 23.2 Å². The van der Waals surface area contributed by atoms with E-state index in [1.165, 1.54) is 12.8 Å². The van der Waals surface area contributed by atoms with Crippen molar-refractivity contribution in [1.82, 2.24) is 5.32 Å². The Bertz CT molecular complexity index is 178. The predicted molar refractivity (Wildman–Crippen MR) is 47.6 cm³/mol. The lowest BCUT2D eigenvalue weighted by Crippen LogP contribution is -2.55. The number of hydrogen-bond donors (Lipinski definition) is 2. The molecule has 1 saturated carbocycles. The smallest absolute Gasteiger partial charge is 0.320 e. The first-order valence-electron chi connectivity index (χ1n) is 4.26. The van der Waals surface area contributed by atoms with Gasteiger partial charge in [0.2, 0.25) is 0 Å². The molecule has 0 aromatic carbocycles. The van der Waals surface area contributed by atoms with Crippen molar-refractivity contribution in [1.29, 1.82) is 0 Å². The first-order valence-corrected chi connectivity index (χ1v) is 4.26. The van der Waals surface area contributed by atoms with Crippen LogP contribution in [0, 0.1) is 5.92 Å². The van der Waals surface area contributed by atoms with E-state index >= 15 is 0 Å². The zero-order chi connectivity index (χ0) is 7.84. The van der Waals surface area contributed by atoms with Crippen molar-refractivity contribution in [2.45, 2.75) is 37.8 Å². The molecule has 0 aromatic heterocycles. The third-order valence-corrected chi connectivity index (χ3v) is 2.92. The molecular weight excluding hydrogens is 178 g/mol. The highest BCUT2D eigenvalue weighted by Gasteiger charge is 2.38. The van der Waals surface area contributed by atoms with Crippen LogP contribution in [-0.2, 0) is 4.79 Å². The number of carboxylic acid groups (broad SMARTS) is 1. The van der Waals surface area contributed by atoms with Crippen molar-refractivity contribution in [3.63, 3.8) is 0 Å². The van der Waals surface area contributed by atoms with Gasteiger partial charge in [-0.25, -0.2) is 0 Å². The molecule has 3 fully saturated rings. The average Bonchev–Trinajstić information content (AvgIpc) is 2.06. The Kier molecular flexibility index (Phi) is 2.96. The Balaban J connectivity index is 0.000000720. The summed E-state index contributed by atoms with van der Waals surface area (Å²) >= 11 is 0. The molecule has 12 heavy (non-hydrogen) atoms. The first-order chi connectivity index (χ1) is 5.27.